The molecule has 0 radical (unpaired) electrons. The molecule has 2 aliphatic carbocycles. The highest BCUT2D eigenvalue weighted by atomic mass is 32.2. The number of nitrogens with zero attached hydrogens (tertiary/aromatic N) is 2. The highest BCUT2D eigenvalue weighted by molar-refractivity contribution is 7.92. The Balaban J connectivity index is 1.35. The van der Waals surface area contributed by atoms with Crippen LogP contribution >= 0.6 is 0 Å². The van der Waals surface area contributed by atoms with Crippen LogP contribution in [0.25, 0.3) is 11.1 Å². The molecule has 1 aliphatic heterocycles. The van der Waals surface area contributed by atoms with E-state index < -0.39 is 62.9 Å². The molecule has 2 amide bonds. The van der Waals surface area contributed by atoms with E-state index >= 15 is 0 Å². The molecule has 0 aromatic heterocycles. The summed E-state index contributed by atoms with van der Waals surface area (Å²) in [6.45, 7) is -0.152. The number of aldehydes is 1. The summed E-state index contributed by atoms with van der Waals surface area (Å²) in [6.07, 6.45) is -5.19. The zero-order chi connectivity index (χ0) is 28.2. The number of halogens is 3. The highest BCUT2D eigenvalue weighted by Crippen LogP contribution is 2.60. The molecule has 2 aromatic carbocycles. The minimum Gasteiger partial charge on any atom is -0.304 e. The van der Waals surface area contributed by atoms with E-state index in [1.54, 1.807) is 36.4 Å². The molecule has 0 bridgehead atoms. The second kappa shape index (κ2) is 9.27. The first-order chi connectivity index (χ1) is 18.4. The van der Waals surface area contributed by atoms with Gasteiger partial charge in [0.2, 0.25) is 11.8 Å². The van der Waals surface area contributed by atoms with Gasteiger partial charge in [0.25, 0.3) is 0 Å². The van der Waals surface area contributed by atoms with Gasteiger partial charge in [-0.15, -0.1) is 0 Å². The SMILES string of the molecule is N#CC1(N(C(=O)[C@@H]2C[C@@H](S(=O)(=O)c3ccc(-c4ccccc4C=O)cc3)CN2)C(=O)C2(C(F)(F)F)CC2)CC1. The van der Waals surface area contributed by atoms with E-state index in [0.717, 1.165) is 0 Å². The second-order valence-corrected chi connectivity index (χ2v) is 12.5. The van der Waals surface area contributed by atoms with Crippen LogP contribution in [-0.4, -0.2) is 61.0 Å². The van der Waals surface area contributed by atoms with Crippen LogP contribution in [0.1, 0.15) is 42.5 Å². The van der Waals surface area contributed by atoms with Crippen molar-refractivity contribution in [2.24, 2.45) is 5.41 Å². The molecule has 12 heteroatoms. The van der Waals surface area contributed by atoms with Crippen LogP contribution in [0, 0.1) is 16.7 Å². The van der Waals surface area contributed by atoms with Gasteiger partial charge >= 0.3 is 6.18 Å². The number of benzene rings is 2. The van der Waals surface area contributed by atoms with Crippen molar-refractivity contribution in [3.05, 3.63) is 54.1 Å². The Hall–Kier alpha value is -3.56. The van der Waals surface area contributed by atoms with Gasteiger partial charge in [0.1, 0.15) is 11.0 Å². The lowest BCUT2D eigenvalue weighted by Gasteiger charge is -2.32. The largest absolute Gasteiger partial charge is 0.403 e. The molecule has 3 aliphatic rings. The molecule has 2 atom stereocenters. The summed E-state index contributed by atoms with van der Waals surface area (Å²) in [5.41, 5.74) is -2.61. The van der Waals surface area contributed by atoms with E-state index in [2.05, 4.69) is 5.32 Å². The van der Waals surface area contributed by atoms with E-state index in [-0.39, 0.29) is 30.7 Å². The number of imide groups is 1. The van der Waals surface area contributed by atoms with Crippen molar-refractivity contribution in [2.75, 3.05) is 6.54 Å². The van der Waals surface area contributed by atoms with Gasteiger partial charge in [-0.3, -0.25) is 19.3 Å². The van der Waals surface area contributed by atoms with Gasteiger partial charge < -0.3 is 5.32 Å². The summed E-state index contributed by atoms with van der Waals surface area (Å²) in [4.78, 5) is 38.3. The number of rotatable bonds is 7. The standard InChI is InChI=1S/C27H24F3N3O5S/c28-27(29,30)26(11-12-26)24(36)33(25(16-31)9-10-25)23(35)22-13-20(14-32-22)39(37,38)19-7-5-17(6-8-19)21-4-2-1-3-18(21)15-34/h1-8,15,20,22,32H,9-14H2/t20-,22+/m1/s1. The molecular weight excluding hydrogens is 535 g/mol. The van der Waals surface area contributed by atoms with Gasteiger partial charge in [-0.2, -0.15) is 18.4 Å². The Morgan fingerprint density at radius 3 is 2.23 bits per heavy atom. The van der Waals surface area contributed by atoms with Crippen molar-refractivity contribution < 1.29 is 36.0 Å². The van der Waals surface area contributed by atoms with Crippen LogP contribution in [0.3, 0.4) is 0 Å². The first kappa shape index (κ1) is 27.0. The van der Waals surface area contributed by atoms with Gasteiger partial charge in [0.05, 0.1) is 22.3 Å². The average Bonchev–Trinajstić information content (AvgIpc) is 3.85. The fourth-order valence-electron chi connectivity index (χ4n) is 5.13. The summed E-state index contributed by atoms with van der Waals surface area (Å²) in [7, 11) is -3.96. The smallest absolute Gasteiger partial charge is 0.304 e. The normalized spacial score (nSPS) is 22.9. The van der Waals surface area contributed by atoms with E-state index in [4.69, 9.17) is 0 Å². The number of hydrogen-bond donors (Lipinski definition) is 1. The summed E-state index contributed by atoms with van der Waals surface area (Å²) >= 11 is 0. The van der Waals surface area contributed by atoms with E-state index in [0.29, 0.717) is 27.9 Å². The van der Waals surface area contributed by atoms with Crippen molar-refractivity contribution >= 4 is 27.9 Å². The third kappa shape index (κ3) is 4.43. The lowest BCUT2D eigenvalue weighted by molar-refractivity contribution is -0.200. The Labute approximate surface area is 222 Å². The first-order valence-corrected chi connectivity index (χ1v) is 13.9. The fourth-order valence-corrected chi connectivity index (χ4v) is 6.79. The van der Waals surface area contributed by atoms with Crippen LogP contribution in [0.2, 0.25) is 0 Å². The summed E-state index contributed by atoms with van der Waals surface area (Å²) in [5.74, 6) is -2.44. The number of carbonyl (C=O) groups is 3. The molecule has 8 nitrogen and oxygen atoms in total. The lowest BCUT2D eigenvalue weighted by Crippen LogP contribution is -2.56. The number of nitriles is 1. The summed E-state index contributed by atoms with van der Waals surface area (Å²) < 4.78 is 67.8. The Kier molecular flexibility index (Phi) is 6.43. The number of alkyl halides is 3. The molecule has 39 heavy (non-hydrogen) atoms. The lowest BCUT2D eigenvalue weighted by atomic mass is 10.0. The molecule has 3 fully saturated rings. The minimum absolute atomic E-state index is 0.0210. The third-order valence-electron chi connectivity index (χ3n) is 7.89. The molecule has 204 valence electrons. The van der Waals surface area contributed by atoms with E-state index in [9.17, 15) is 41.2 Å². The van der Waals surface area contributed by atoms with Gasteiger partial charge in [0, 0.05) is 12.1 Å². The molecule has 0 spiro atoms. The van der Waals surface area contributed by atoms with Crippen molar-refractivity contribution in [1.82, 2.24) is 10.2 Å². The van der Waals surface area contributed by atoms with Crippen LogP contribution < -0.4 is 5.32 Å². The van der Waals surface area contributed by atoms with Crippen molar-refractivity contribution in [1.29, 1.82) is 5.26 Å². The summed E-state index contributed by atoms with van der Waals surface area (Å²) in [5, 5.41) is 11.3. The maximum Gasteiger partial charge on any atom is 0.403 e. The van der Waals surface area contributed by atoms with Crippen molar-refractivity contribution in [2.45, 2.75) is 60.0 Å². The molecule has 2 saturated carbocycles. The second-order valence-electron chi connectivity index (χ2n) is 10.3. The Morgan fingerprint density at radius 1 is 1.05 bits per heavy atom. The molecular formula is C27H24F3N3O5S. The number of nitrogens with one attached hydrogen (secondary N) is 1. The molecule has 2 aromatic rings. The number of hydrogen-bond acceptors (Lipinski definition) is 7. The van der Waals surface area contributed by atoms with Crippen LogP contribution in [0.4, 0.5) is 13.2 Å². The Bertz CT molecular complexity index is 1490. The molecule has 1 saturated heterocycles. The highest BCUT2D eigenvalue weighted by Gasteiger charge is 2.72. The molecule has 5 rings (SSSR count). The zero-order valence-corrected chi connectivity index (χ0v) is 21.4. The van der Waals surface area contributed by atoms with Crippen LogP contribution in [0.15, 0.2) is 53.4 Å². The maximum absolute atomic E-state index is 13.7. The predicted molar refractivity (Wildman–Crippen MR) is 132 cm³/mol. The predicted octanol–water partition coefficient (Wildman–Crippen LogP) is 3.42. The topological polar surface area (TPSA) is 124 Å². The molecule has 1 N–H and O–H groups in total. The fraction of sp³-hybridized carbons (Fsp3) is 0.407. The maximum atomic E-state index is 13.7. The van der Waals surface area contributed by atoms with Gasteiger partial charge in [-0.25, -0.2) is 8.42 Å². The van der Waals surface area contributed by atoms with Crippen molar-refractivity contribution in [3.8, 4) is 17.2 Å². The van der Waals surface area contributed by atoms with Gasteiger partial charge in [-0.1, -0.05) is 36.4 Å². The minimum atomic E-state index is -4.86. The number of sulfone groups is 1. The van der Waals surface area contributed by atoms with E-state index in [1.807, 2.05) is 6.07 Å². The van der Waals surface area contributed by atoms with Gasteiger partial charge in [-0.05, 0) is 55.4 Å². The van der Waals surface area contributed by atoms with Gasteiger partial charge in [0.15, 0.2) is 16.1 Å². The first-order valence-electron chi connectivity index (χ1n) is 12.4. The molecule has 1 heterocycles. The van der Waals surface area contributed by atoms with Crippen LogP contribution in [-0.2, 0) is 19.4 Å². The number of carbonyl (C=O) groups excluding carboxylic acids is 3. The summed E-state index contributed by atoms with van der Waals surface area (Å²) in [6, 6.07) is 13.4. The Morgan fingerprint density at radius 2 is 1.69 bits per heavy atom. The molecule has 0 unspecified atom stereocenters. The quantitative estimate of drug-likeness (QED) is 0.407. The van der Waals surface area contributed by atoms with Crippen LogP contribution in [0.5, 0.6) is 0 Å². The number of amides is 2. The monoisotopic (exact) mass is 559 g/mol. The third-order valence-corrected chi connectivity index (χ3v) is 10.1. The average molecular weight is 560 g/mol. The zero-order valence-electron chi connectivity index (χ0n) is 20.6. The van der Waals surface area contributed by atoms with E-state index in [1.165, 1.54) is 12.1 Å². The van der Waals surface area contributed by atoms with Crippen molar-refractivity contribution in [3.63, 3.8) is 0 Å².